The number of thiophene rings is 1. The van der Waals surface area contributed by atoms with Crippen molar-refractivity contribution in [3.63, 3.8) is 0 Å². The number of rotatable bonds is 7. The Bertz CT molecular complexity index is 775. The number of nitrogens with zero attached hydrogens (tertiary/aromatic N) is 4. The number of aliphatic imine (C=N–C) groups is 1. The standard InChI is InChI=1S/C24H35N5S.HI/c1-2-25-24(29-16-14-28(15-17-29)23-9-6-18-30-23)26-19-22-11-13-27(20-22)12-10-21-7-4-3-5-8-21;/h3-9,18,22H,2,10-17,19-20H2,1H3,(H,25,26);1H. The van der Waals surface area contributed by atoms with E-state index in [1.807, 2.05) is 11.3 Å². The number of nitrogens with one attached hydrogen (secondary N) is 1. The number of anilines is 1. The Labute approximate surface area is 208 Å². The molecule has 170 valence electrons. The van der Waals surface area contributed by atoms with Crippen LogP contribution in [0.2, 0.25) is 0 Å². The molecule has 5 nitrogen and oxygen atoms in total. The smallest absolute Gasteiger partial charge is 0.194 e. The number of hydrogen-bond acceptors (Lipinski definition) is 4. The maximum absolute atomic E-state index is 5.05. The number of piperazine rings is 1. The molecule has 1 aromatic heterocycles. The minimum absolute atomic E-state index is 0. The monoisotopic (exact) mass is 553 g/mol. The van der Waals surface area contributed by atoms with Crippen LogP contribution < -0.4 is 10.2 Å². The molecule has 2 fully saturated rings. The third-order valence-corrected chi connectivity index (χ3v) is 7.09. The van der Waals surface area contributed by atoms with Crippen LogP contribution in [0.5, 0.6) is 0 Å². The molecule has 0 radical (unpaired) electrons. The molecule has 0 saturated carbocycles. The maximum atomic E-state index is 5.05. The van der Waals surface area contributed by atoms with Gasteiger partial charge in [-0.05, 0) is 55.3 Å². The lowest BCUT2D eigenvalue weighted by molar-refractivity contribution is 0.329. The van der Waals surface area contributed by atoms with Crippen LogP contribution in [0, 0.1) is 5.92 Å². The number of benzene rings is 1. The molecule has 2 aliphatic rings. The molecular weight excluding hydrogens is 517 g/mol. The normalized spacial score (nSPS) is 20.0. The largest absolute Gasteiger partial charge is 0.360 e. The zero-order valence-electron chi connectivity index (χ0n) is 18.6. The Morgan fingerprint density at radius 3 is 2.58 bits per heavy atom. The summed E-state index contributed by atoms with van der Waals surface area (Å²) in [7, 11) is 0. The first-order chi connectivity index (χ1) is 14.8. The van der Waals surface area contributed by atoms with Crippen LogP contribution in [0.1, 0.15) is 18.9 Å². The molecule has 2 aromatic rings. The van der Waals surface area contributed by atoms with Crippen LogP contribution in [0.25, 0.3) is 0 Å². The first-order valence-electron chi connectivity index (χ1n) is 11.4. The van der Waals surface area contributed by atoms with E-state index in [4.69, 9.17) is 4.99 Å². The Hall–Kier alpha value is -1.32. The van der Waals surface area contributed by atoms with Crippen molar-refractivity contribution in [3.05, 3.63) is 53.4 Å². The zero-order chi connectivity index (χ0) is 20.6. The van der Waals surface area contributed by atoms with Crippen LogP contribution in [0.15, 0.2) is 52.8 Å². The highest BCUT2D eigenvalue weighted by Crippen LogP contribution is 2.22. The van der Waals surface area contributed by atoms with E-state index >= 15 is 0 Å². The van der Waals surface area contributed by atoms with Gasteiger partial charge in [0.1, 0.15) is 0 Å². The molecular formula is C24H36IN5S. The first kappa shape index (κ1) is 24.3. The average Bonchev–Trinajstić information content (AvgIpc) is 3.48. The Balaban J connectivity index is 0.00000272. The Morgan fingerprint density at radius 1 is 1.06 bits per heavy atom. The third-order valence-electron chi connectivity index (χ3n) is 6.16. The quantitative estimate of drug-likeness (QED) is 0.319. The molecule has 1 aromatic carbocycles. The predicted molar refractivity (Wildman–Crippen MR) is 144 cm³/mol. The van der Waals surface area contributed by atoms with E-state index in [-0.39, 0.29) is 24.0 Å². The van der Waals surface area contributed by atoms with Crippen molar-refractivity contribution < 1.29 is 0 Å². The highest BCUT2D eigenvalue weighted by Gasteiger charge is 2.24. The third kappa shape index (κ3) is 7.08. The number of guanidine groups is 1. The van der Waals surface area contributed by atoms with Gasteiger partial charge in [-0.15, -0.1) is 35.3 Å². The second kappa shape index (κ2) is 12.6. The lowest BCUT2D eigenvalue weighted by Crippen LogP contribution is -2.52. The topological polar surface area (TPSA) is 34.1 Å². The maximum Gasteiger partial charge on any atom is 0.194 e. The number of hydrogen-bond donors (Lipinski definition) is 1. The van der Waals surface area contributed by atoms with Crippen LogP contribution >= 0.6 is 35.3 Å². The summed E-state index contributed by atoms with van der Waals surface area (Å²) in [5.74, 6) is 1.79. The second-order valence-electron chi connectivity index (χ2n) is 8.31. The van der Waals surface area contributed by atoms with E-state index < -0.39 is 0 Å². The molecule has 3 heterocycles. The van der Waals surface area contributed by atoms with E-state index in [2.05, 4.69) is 74.8 Å². The van der Waals surface area contributed by atoms with Crippen molar-refractivity contribution in [2.45, 2.75) is 19.8 Å². The fraction of sp³-hybridized carbons (Fsp3) is 0.542. The van der Waals surface area contributed by atoms with Gasteiger partial charge in [0.15, 0.2) is 5.96 Å². The molecule has 2 saturated heterocycles. The Morgan fingerprint density at radius 2 is 1.87 bits per heavy atom. The van der Waals surface area contributed by atoms with Crippen LogP contribution in [-0.2, 0) is 6.42 Å². The molecule has 31 heavy (non-hydrogen) atoms. The van der Waals surface area contributed by atoms with Crippen molar-refractivity contribution in [2.75, 3.05) is 63.8 Å². The van der Waals surface area contributed by atoms with E-state index in [1.54, 1.807) is 0 Å². The molecule has 0 aliphatic carbocycles. The molecule has 4 rings (SSSR count). The highest BCUT2D eigenvalue weighted by atomic mass is 127. The molecule has 0 spiro atoms. The summed E-state index contributed by atoms with van der Waals surface area (Å²) in [6, 6.07) is 15.2. The summed E-state index contributed by atoms with van der Waals surface area (Å²) < 4.78 is 0. The second-order valence-corrected chi connectivity index (χ2v) is 9.24. The van der Waals surface area contributed by atoms with Crippen molar-refractivity contribution in [1.29, 1.82) is 0 Å². The average molecular weight is 554 g/mol. The van der Waals surface area contributed by atoms with Crippen molar-refractivity contribution in [3.8, 4) is 0 Å². The Kier molecular flexibility index (Phi) is 9.93. The summed E-state index contributed by atoms with van der Waals surface area (Å²) >= 11 is 1.84. The summed E-state index contributed by atoms with van der Waals surface area (Å²) in [5.41, 5.74) is 1.44. The zero-order valence-corrected chi connectivity index (χ0v) is 21.7. The fourth-order valence-corrected chi connectivity index (χ4v) is 5.21. The van der Waals surface area contributed by atoms with Gasteiger partial charge < -0.3 is 20.0 Å². The molecule has 1 atom stereocenters. The van der Waals surface area contributed by atoms with E-state index in [0.29, 0.717) is 5.92 Å². The summed E-state index contributed by atoms with van der Waals surface area (Å²) in [6.07, 6.45) is 2.41. The van der Waals surface area contributed by atoms with Gasteiger partial charge in [-0.2, -0.15) is 0 Å². The SMILES string of the molecule is CCNC(=NCC1CCN(CCc2ccccc2)C1)N1CCN(c2cccs2)CC1.I. The fourth-order valence-electron chi connectivity index (χ4n) is 4.43. The van der Waals surface area contributed by atoms with E-state index in [0.717, 1.165) is 58.2 Å². The first-order valence-corrected chi connectivity index (χ1v) is 12.3. The molecule has 0 bridgehead atoms. The van der Waals surface area contributed by atoms with E-state index in [1.165, 1.54) is 30.1 Å². The molecule has 0 amide bonds. The van der Waals surface area contributed by atoms with Gasteiger partial charge >= 0.3 is 0 Å². The number of halogens is 1. The van der Waals surface area contributed by atoms with Crippen molar-refractivity contribution in [2.24, 2.45) is 10.9 Å². The molecule has 2 aliphatic heterocycles. The van der Waals surface area contributed by atoms with Crippen LogP contribution in [0.4, 0.5) is 5.00 Å². The van der Waals surface area contributed by atoms with Gasteiger partial charge in [-0.25, -0.2) is 0 Å². The minimum atomic E-state index is 0. The lowest BCUT2D eigenvalue weighted by atomic mass is 10.1. The highest BCUT2D eigenvalue weighted by molar-refractivity contribution is 14.0. The van der Waals surface area contributed by atoms with Crippen molar-refractivity contribution in [1.82, 2.24) is 15.1 Å². The van der Waals surface area contributed by atoms with Gasteiger partial charge in [0.05, 0.1) is 5.00 Å². The van der Waals surface area contributed by atoms with Gasteiger partial charge in [0, 0.05) is 52.4 Å². The van der Waals surface area contributed by atoms with Gasteiger partial charge in [-0.3, -0.25) is 4.99 Å². The lowest BCUT2D eigenvalue weighted by Gasteiger charge is -2.37. The summed E-state index contributed by atoms with van der Waals surface area (Å²) in [4.78, 5) is 12.6. The van der Waals surface area contributed by atoms with Gasteiger partial charge in [-0.1, -0.05) is 30.3 Å². The number of likely N-dealkylation sites (tertiary alicyclic amines) is 1. The minimum Gasteiger partial charge on any atom is -0.360 e. The van der Waals surface area contributed by atoms with E-state index in [9.17, 15) is 0 Å². The summed E-state index contributed by atoms with van der Waals surface area (Å²) in [5, 5.41) is 7.08. The van der Waals surface area contributed by atoms with Crippen LogP contribution in [0.3, 0.4) is 0 Å². The van der Waals surface area contributed by atoms with Crippen molar-refractivity contribution >= 4 is 46.3 Å². The molecule has 7 heteroatoms. The molecule has 1 N–H and O–H groups in total. The van der Waals surface area contributed by atoms with Gasteiger partial charge in [0.25, 0.3) is 0 Å². The molecule has 1 unspecified atom stereocenters. The van der Waals surface area contributed by atoms with Gasteiger partial charge in [0.2, 0.25) is 0 Å². The predicted octanol–water partition coefficient (Wildman–Crippen LogP) is 4.02. The van der Waals surface area contributed by atoms with Crippen LogP contribution in [-0.4, -0.2) is 74.7 Å². The summed E-state index contributed by atoms with van der Waals surface area (Å²) in [6.45, 7) is 11.8.